The van der Waals surface area contributed by atoms with E-state index in [2.05, 4.69) is 0 Å². The summed E-state index contributed by atoms with van der Waals surface area (Å²) in [6.07, 6.45) is 0.531. The molecule has 0 radical (unpaired) electrons. The molecule has 1 rings (SSSR count). The molecule has 0 aromatic heterocycles. The summed E-state index contributed by atoms with van der Waals surface area (Å²) in [7, 11) is -2.22. The Balaban J connectivity index is 3.24. The van der Waals surface area contributed by atoms with Crippen LogP contribution in [0.5, 0.6) is 0 Å². The second kappa shape index (κ2) is 7.53. The van der Waals surface area contributed by atoms with Gasteiger partial charge in [0.05, 0.1) is 17.1 Å². The molecule has 118 valence electrons. The standard InChI is InChI=1S/C14H21NO5S/c1-4-11-6-7-12(10-13(11)14(16)17)21(18,19)15(5-2)8-9-20-3/h6-7,10H,4-5,8-9H2,1-3H3,(H,16,17). The van der Waals surface area contributed by atoms with Crippen molar-refractivity contribution < 1.29 is 23.1 Å². The zero-order chi connectivity index (χ0) is 16.0. The second-order valence-corrected chi connectivity index (χ2v) is 6.41. The lowest BCUT2D eigenvalue weighted by atomic mass is 10.1. The largest absolute Gasteiger partial charge is 0.478 e. The highest BCUT2D eigenvalue weighted by molar-refractivity contribution is 7.89. The van der Waals surface area contributed by atoms with E-state index in [4.69, 9.17) is 4.74 Å². The van der Waals surface area contributed by atoms with Crippen LogP contribution in [0.1, 0.15) is 29.8 Å². The molecule has 0 spiro atoms. The average Bonchev–Trinajstić information content (AvgIpc) is 2.46. The molecule has 21 heavy (non-hydrogen) atoms. The molecule has 0 fully saturated rings. The van der Waals surface area contributed by atoms with Crippen molar-refractivity contribution in [3.63, 3.8) is 0 Å². The van der Waals surface area contributed by atoms with Crippen LogP contribution in [0.4, 0.5) is 0 Å². The summed E-state index contributed by atoms with van der Waals surface area (Å²) in [5.41, 5.74) is 0.641. The maximum Gasteiger partial charge on any atom is 0.336 e. The number of carbonyl (C=O) groups is 1. The summed E-state index contributed by atoms with van der Waals surface area (Å²) >= 11 is 0. The Morgan fingerprint density at radius 3 is 2.48 bits per heavy atom. The second-order valence-electron chi connectivity index (χ2n) is 4.47. The number of carboxylic acids is 1. The maximum absolute atomic E-state index is 12.5. The third kappa shape index (κ3) is 4.03. The van der Waals surface area contributed by atoms with Crippen LogP contribution in [-0.2, 0) is 21.2 Å². The smallest absolute Gasteiger partial charge is 0.336 e. The number of sulfonamides is 1. The predicted molar refractivity (Wildman–Crippen MR) is 79.1 cm³/mol. The molecule has 0 aliphatic heterocycles. The predicted octanol–water partition coefficient (Wildman–Crippen LogP) is 1.60. The summed E-state index contributed by atoms with van der Waals surface area (Å²) in [6.45, 7) is 4.36. The van der Waals surface area contributed by atoms with Gasteiger partial charge in [0.2, 0.25) is 10.0 Å². The number of hydrogen-bond donors (Lipinski definition) is 1. The minimum atomic E-state index is -3.71. The number of carboxylic acid groups (broad SMARTS) is 1. The zero-order valence-electron chi connectivity index (χ0n) is 12.5. The summed E-state index contributed by atoms with van der Waals surface area (Å²) in [5, 5.41) is 9.20. The van der Waals surface area contributed by atoms with Crippen LogP contribution in [0.2, 0.25) is 0 Å². The number of methoxy groups -OCH3 is 1. The number of likely N-dealkylation sites (N-methyl/N-ethyl adjacent to an activating group) is 1. The van der Waals surface area contributed by atoms with E-state index in [1.807, 2.05) is 6.92 Å². The molecular weight excluding hydrogens is 294 g/mol. The van der Waals surface area contributed by atoms with Crippen molar-refractivity contribution in [2.75, 3.05) is 26.8 Å². The molecule has 0 amide bonds. The van der Waals surface area contributed by atoms with Gasteiger partial charge < -0.3 is 9.84 Å². The molecular formula is C14H21NO5S. The first-order valence-corrected chi connectivity index (χ1v) is 8.17. The summed E-state index contributed by atoms with van der Waals surface area (Å²) in [6, 6.07) is 4.24. The quantitative estimate of drug-likeness (QED) is 0.788. The highest BCUT2D eigenvalue weighted by atomic mass is 32.2. The number of benzene rings is 1. The van der Waals surface area contributed by atoms with Crippen LogP contribution in [0.3, 0.4) is 0 Å². The number of rotatable bonds is 8. The minimum Gasteiger partial charge on any atom is -0.478 e. The Labute approximate surface area is 125 Å². The Bertz CT molecular complexity index is 597. The Morgan fingerprint density at radius 1 is 1.33 bits per heavy atom. The molecule has 6 nitrogen and oxygen atoms in total. The molecule has 0 atom stereocenters. The van der Waals surface area contributed by atoms with E-state index in [1.54, 1.807) is 13.0 Å². The van der Waals surface area contributed by atoms with Crippen molar-refractivity contribution in [3.05, 3.63) is 29.3 Å². The fourth-order valence-electron chi connectivity index (χ4n) is 2.01. The van der Waals surface area contributed by atoms with Gasteiger partial charge in [0, 0.05) is 20.2 Å². The van der Waals surface area contributed by atoms with E-state index in [1.165, 1.54) is 23.5 Å². The van der Waals surface area contributed by atoms with Crippen molar-refractivity contribution in [1.82, 2.24) is 4.31 Å². The average molecular weight is 315 g/mol. The van der Waals surface area contributed by atoms with Gasteiger partial charge in [0.1, 0.15) is 0 Å². The van der Waals surface area contributed by atoms with Gasteiger partial charge in [-0.3, -0.25) is 0 Å². The highest BCUT2D eigenvalue weighted by Gasteiger charge is 2.24. The molecule has 1 aromatic carbocycles. The highest BCUT2D eigenvalue weighted by Crippen LogP contribution is 2.20. The van der Waals surface area contributed by atoms with E-state index in [0.717, 1.165) is 0 Å². The number of nitrogens with zero attached hydrogens (tertiary/aromatic N) is 1. The van der Waals surface area contributed by atoms with Gasteiger partial charge in [0.25, 0.3) is 0 Å². The van der Waals surface area contributed by atoms with E-state index >= 15 is 0 Å². The van der Waals surface area contributed by atoms with Crippen LogP contribution in [0.25, 0.3) is 0 Å². The summed E-state index contributed by atoms with van der Waals surface area (Å²) < 4.78 is 31.2. The number of aromatic carboxylic acids is 1. The van der Waals surface area contributed by atoms with Crippen LogP contribution in [-0.4, -0.2) is 50.6 Å². The first kappa shape index (κ1) is 17.6. The van der Waals surface area contributed by atoms with Crippen molar-refractivity contribution in [2.45, 2.75) is 25.2 Å². The first-order chi connectivity index (χ1) is 9.88. The lowest BCUT2D eigenvalue weighted by Crippen LogP contribution is -2.33. The van der Waals surface area contributed by atoms with Crippen LogP contribution < -0.4 is 0 Å². The molecule has 0 aliphatic carbocycles. The number of hydrogen-bond acceptors (Lipinski definition) is 4. The third-order valence-electron chi connectivity index (χ3n) is 3.23. The molecule has 0 heterocycles. The van der Waals surface area contributed by atoms with E-state index in [-0.39, 0.29) is 23.6 Å². The molecule has 0 unspecified atom stereocenters. The minimum absolute atomic E-state index is 0.00458. The lowest BCUT2D eigenvalue weighted by Gasteiger charge is -2.20. The van der Waals surface area contributed by atoms with Crippen LogP contribution in [0.15, 0.2) is 23.1 Å². The Kier molecular flexibility index (Phi) is 6.32. The Morgan fingerprint density at radius 2 is 2.00 bits per heavy atom. The monoisotopic (exact) mass is 315 g/mol. The van der Waals surface area contributed by atoms with Gasteiger partial charge in [0.15, 0.2) is 0 Å². The van der Waals surface area contributed by atoms with Gasteiger partial charge in [-0.2, -0.15) is 4.31 Å². The van der Waals surface area contributed by atoms with Crippen LogP contribution in [0, 0.1) is 0 Å². The van der Waals surface area contributed by atoms with Gasteiger partial charge in [-0.1, -0.05) is 19.9 Å². The fraction of sp³-hybridized carbons (Fsp3) is 0.500. The normalized spacial score (nSPS) is 11.8. The summed E-state index contributed by atoms with van der Waals surface area (Å²) in [4.78, 5) is 11.2. The molecule has 1 N–H and O–H groups in total. The number of ether oxygens (including phenoxy) is 1. The lowest BCUT2D eigenvalue weighted by molar-refractivity contribution is 0.0695. The first-order valence-electron chi connectivity index (χ1n) is 6.73. The third-order valence-corrected chi connectivity index (χ3v) is 5.20. The molecule has 0 aliphatic rings. The number of aryl methyl sites for hydroxylation is 1. The molecule has 1 aromatic rings. The van der Waals surface area contributed by atoms with Crippen LogP contribution >= 0.6 is 0 Å². The zero-order valence-corrected chi connectivity index (χ0v) is 13.3. The van der Waals surface area contributed by atoms with Crippen molar-refractivity contribution in [3.8, 4) is 0 Å². The van der Waals surface area contributed by atoms with Gasteiger partial charge >= 0.3 is 5.97 Å². The maximum atomic E-state index is 12.5. The summed E-state index contributed by atoms with van der Waals surface area (Å²) in [5.74, 6) is -1.12. The molecule has 0 bridgehead atoms. The van der Waals surface area contributed by atoms with Gasteiger partial charge in [-0.05, 0) is 24.1 Å². The fourth-order valence-corrected chi connectivity index (χ4v) is 3.47. The molecule has 0 saturated heterocycles. The van der Waals surface area contributed by atoms with E-state index < -0.39 is 16.0 Å². The SMILES string of the molecule is CCc1ccc(S(=O)(=O)N(CC)CCOC)cc1C(=O)O. The van der Waals surface area contributed by atoms with Crippen molar-refractivity contribution in [2.24, 2.45) is 0 Å². The molecule has 0 saturated carbocycles. The van der Waals surface area contributed by atoms with E-state index in [0.29, 0.717) is 18.5 Å². The topological polar surface area (TPSA) is 83.9 Å². The van der Waals surface area contributed by atoms with E-state index in [9.17, 15) is 18.3 Å². The van der Waals surface area contributed by atoms with Crippen molar-refractivity contribution in [1.29, 1.82) is 0 Å². The van der Waals surface area contributed by atoms with Gasteiger partial charge in [-0.25, -0.2) is 13.2 Å². The Hall–Kier alpha value is -1.44. The van der Waals surface area contributed by atoms with Gasteiger partial charge in [-0.15, -0.1) is 0 Å². The molecule has 7 heteroatoms. The van der Waals surface area contributed by atoms with Crippen molar-refractivity contribution >= 4 is 16.0 Å².